The van der Waals surface area contributed by atoms with Gasteiger partial charge in [-0.05, 0) is 24.6 Å². The van der Waals surface area contributed by atoms with Crippen molar-refractivity contribution in [3.8, 4) is 0 Å². The highest BCUT2D eigenvalue weighted by Gasteiger charge is 2.31. The summed E-state index contributed by atoms with van der Waals surface area (Å²) in [6, 6.07) is 3.16. The van der Waals surface area contributed by atoms with Gasteiger partial charge in [-0.1, -0.05) is 40.5 Å². The second-order valence-electron chi connectivity index (χ2n) is 4.04. The smallest absolute Gasteiger partial charge is 0.299 e. The Labute approximate surface area is 116 Å². The van der Waals surface area contributed by atoms with Crippen molar-refractivity contribution >= 4 is 33.3 Å². The Kier molecular flexibility index (Phi) is 4.84. The maximum absolute atomic E-state index is 12.5. The monoisotopic (exact) mass is 342 g/mol. The standard InChI is InChI=1S/C12H11BrClF3O/c1-6(11(13)7(2)18)9-4-3-8(5-10(9)14)12(15,16)17/h3-6,11H,1-2H3. The molecule has 0 saturated heterocycles. The quantitative estimate of drug-likeness (QED) is 0.720. The first-order valence-electron chi connectivity index (χ1n) is 5.15. The van der Waals surface area contributed by atoms with Crippen LogP contribution in [0.3, 0.4) is 0 Å². The van der Waals surface area contributed by atoms with Crippen LogP contribution < -0.4 is 0 Å². The first-order chi connectivity index (χ1) is 8.14. The van der Waals surface area contributed by atoms with E-state index < -0.39 is 16.6 Å². The second kappa shape index (κ2) is 5.61. The fourth-order valence-corrected chi connectivity index (χ4v) is 2.22. The van der Waals surface area contributed by atoms with Crippen LogP contribution in [0.15, 0.2) is 18.2 Å². The molecule has 1 rings (SSSR count). The highest BCUT2D eigenvalue weighted by atomic mass is 79.9. The number of carbonyl (C=O) groups is 1. The summed E-state index contributed by atoms with van der Waals surface area (Å²) in [5.74, 6) is -0.393. The molecule has 100 valence electrons. The van der Waals surface area contributed by atoms with Crippen LogP contribution >= 0.6 is 27.5 Å². The fraction of sp³-hybridized carbons (Fsp3) is 0.417. The summed E-state index contributed by atoms with van der Waals surface area (Å²) in [6.07, 6.45) is -4.42. The topological polar surface area (TPSA) is 17.1 Å². The van der Waals surface area contributed by atoms with Gasteiger partial charge in [0.2, 0.25) is 0 Å². The maximum atomic E-state index is 12.5. The van der Waals surface area contributed by atoms with Crippen molar-refractivity contribution in [3.05, 3.63) is 34.3 Å². The average molecular weight is 344 g/mol. The molecular weight excluding hydrogens is 332 g/mol. The van der Waals surface area contributed by atoms with Crippen molar-refractivity contribution in [2.75, 3.05) is 0 Å². The third kappa shape index (κ3) is 3.48. The van der Waals surface area contributed by atoms with Crippen molar-refractivity contribution in [1.82, 2.24) is 0 Å². The molecule has 0 radical (unpaired) electrons. The van der Waals surface area contributed by atoms with Gasteiger partial charge in [0.25, 0.3) is 0 Å². The Morgan fingerprint density at radius 2 is 1.94 bits per heavy atom. The molecule has 0 saturated carbocycles. The van der Waals surface area contributed by atoms with Crippen LogP contribution in [-0.4, -0.2) is 10.6 Å². The van der Waals surface area contributed by atoms with E-state index in [4.69, 9.17) is 11.6 Å². The van der Waals surface area contributed by atoms with Gasteiger partial charge in [-0.15, -0.1) is 0 Å². The van der Waals surface area contributed by atoms with Crippen LogP contribution in [-0.2, 0) is 11.0 Å². The number of hydrogen-bond donors (Lipinski definition) is 0. The molecule has 0 amide bonds. The summed E-state index contributed by atoms with van der Waals surface area (Å²) >= 11 is 9.05. The number of alkyl halides is 4. The van der Waals surface area contributed by atoms with E-state index in [1.165, 1.54) is 13.0 Å². The van der Waals surface area contributed by atoms with Crippen molar-refractivity contribution in [3.63, 3.8) is 0 Å². The van der Waals surface area contributed by atoms with E-state index in [-0.39, 0.29) is 16.7 Å². The Morgan fingerprint density at radius 1 is 1.39 bits per heavy atom. The zero-order valence-corrected chi connectivity index (χ0v) is 12.0. The molecule has 0 heterocycles. The summed E-state index contributed by atoms with van der Waals surface area (Å²) in [5, 5.41) is 0.0167. The van der Waals surface area contributed by atoms with Crippen LogP contribution in [0.5, 0.6) is 0 Å². The predicted octanol–water partition coefficient (Wildman–Crippen LogP) is 4.81. The van der Waals surface area contributed by atoms with Crippen molar-refractivity contribution in [1.29, 1.82) is 0 Å². The summed E-state index contributed by atoms with van der Waals surface area (Å²) < 4.78 is 37.4. The molecule has 0 aliphatic rings. The lowest BCUT2D eigenvalue weighted by atomic mass is 9.95. The molecule has 0 spiro atoms. The minimum Gasteiger partial charge on any atom is -0.299 e. The fourth-order valence-electron chi connectivity index (χ4n) is 1.58. The highest BCUT2D eigenvalue weighted by molar-refractivity contribution is 9.10. The Balaban J connectivity index is 3.10. The third-order valence-electron chi connectivity index (χ3n) is 2.65. The Hall–Kier alpha value is -0.550. The van der Waals surface area contributed by atoms with E-state index in [0.717, 1.165) is 12.1 Å². The van der Waals surface area contributed by atoms with Gasteiger partial charge in [-0.25, -0.2) is 0 Å². The number of rotatable bonds is 3. The van der Waals surface area contributed by atoms with Crippen molar-refractivity contribution in [2.45, 2.75) is 30.8 Å². The lowest BCUT2D eigenvalue weighted by Crippen LogP contribution is -2.18. The highest BCUT2D eigenvalue weighted by Crippen LogP contribution is 2.36. The summed E-state index contributed by atoms with van der Waals surface area (Å²) in [4.78, 5) is 10.8. The number of halogens is 5. The van der Waals surface area contributed by atoms with E-state index >= 15 is 0 Å². The van der Waals surface area contributed by atoms with Gasteiger partial charge in [-0.3, -0.25) is 4.79 Å². The molecule has 0 N–H and O–H groups in total. The summed E-state index contributed by atoms with van der Waals surface area (Å²) in [6.45, 7) is 3.14. The molecule has 2 unspecified atom stereocenters. The number of hydrogen-bond acceptors (Lipinski definition) is 1. The molecule has 18 heavy (non-hydrogen) atoms. The second-order valence-corrected chi connectivity index (χ2v) is 5.43. The zero-order valence-electron chi connectivity index (χ0n) is 9.68. The molecule has 1 aromatic carbocycles. The van der Waals surface area contributed by atoms with E-state index in [1.54, 1.807) is 6.92 Å². The van der Waals surface area contributed by atoms with Crippen LogP contribution in [0.1, 0.15) is 30.9 Å². The molecule has 0 aliphatic carbocycles. The number of Topliss-reactive ketones (excluding diaryl/α,β-unsaturated/α-hetero) is 1. The molecule has 0 bridgehead atoms. The Bertz CT molecular complexity index is 459. The van der Waals surface area contributed by atoms with Gasteiger partial charge in [0.15, 0.2) is 0 Å². The Morgan fingerprint density at radius 3 is 2.33 bits per heavy atom. The zero-order chi connectivity index (χ0) is 14.1. The van der Waals surface area contributed by atoms with Crippen LogP contribution in [0.25, 0.3) is 0 Å². The summed E-state index contributed by atoms with van der Waals surface area (Å²) in [7, 11) is 0. The maximum Gasteiger partial charge on any atom is 0.416 e. The lowest BCUT2D eigenvalue weighted by Gasteiger charge is -2.18. The molecule has 2 atom stereocenters. The minimum absolute atomic E-state index is 0.0167. The van der Waals surface area contributed by atoms with Crippen LogP contribution in [0.2, 0.25) is 5.02 Å². The molecule has 0 fully saturated rings. The predicted molar refractivity (Wildman–Crippen MR) is 68.3 cm³/mol. The number of benzene rings is 1. The largest absolute Gasteiger partial charge is 0.416 e. The van der Waals surface area contributed by atoms with Crippen LogP contribution in [0.4, 0.5) is 13.2 Å². The van der Waals surface area contributed by atoms with Crippen molar-refractivity contribution < 1.29 is 18.0 Å². The van der Waals surface area contributed by atoms with Crippen LogP contribution in [0, 0.1) is 0 Å². The SMILES string of the molecule is CC(=O)C(Br)C(C)c1ccc(C(F)(F)F)cc1Cl. The summed E-state index contributed by atoms with van der Waals surface area (Å²) in [5.41, 5.74) is -0.279. The van der Waals surface area contributed by atoms with Gasteiger partial charge < -0.3 is 0 Å². The van der Waals surface area contributed by atoms with Gasteiger partial charge >= 0.3 is 6.18 Å². The first kappa shape index (κ1) is 15.5. The van der Waals surface area contributed by atoms with E-state index in [0.29, 0.717) is 5.56 Å². The molecule has 6 heteroatoms. The number of ketones is 1. The van der Waals surface area contributed by atoms with Gasteiger partial charge in [0.1, 0.15) is 5.78 Å². The normalized spacial score (nSPS) is 15.3. The average Bonchev–Trinajstić information content (AvgIpc) is 2.25. The van der Waals surface area contributed by atoms with E-state index in [1.807, 2.05) is 0 Å². The molecular formula is C12H11BrClF3O. The minimum atomic E-state index is -4.42. The lowest BCUT2D eigenvalue weighted by molar-refractivity contribution is -0.137. The molecule has 0 aromatic heterocycles. The van der Waals surface area contributed by atoms with E-state index in [2.05, 4.69) is 15.9 Å². The molecule has 1 aromatic rings. The van der Waals surface area contributed by atoms with E-state index in [9.17, 15) is 18.0 Å². The van der Waals surface area contributed by atoms with Crippen molar-refractivity contribution in [2.24, 2.45) is 0 Å². The molecule has 1 nitrogen and oxygen atoms in total. The van der Waals surface area contributed by atoms with Gasteiger partial charge in [-0.2, -0.15) is 13.2 Å². The number of carbonyl (C=O) groups excluding carboxylic acids is 1. The van der Waals surface area contributed by atoms with Gasteiger partial charge in [0.05, 0.1) is 10.4 Å². The third-order valence-corrected chi connectivity index (χ3v) is 4.41. The van der Waals surface area contributed by atoms with Gasteiger partial charge in [0, 0.05) is 10.9 Å². The first-order valence-corrected chi connectivity index (χ1v) is 6.45. The molecule has 0 aliphatic heterocycles.